The molecule has 0 aliphatic carbocycles. The molecule has 1 N–H and O–H groups in total. The lowest BCUT2D eigenvalue weighted by Crippen LogP contribution is -2.43. The first-order valence-electron chi connectivity index (χ1n) is 2.88. The largest absolute Gasteiger partial charge is 0.404 e. The fourth-order valence-corrected chi connectivity index (χ4v) is 1.10. The molecule has 0 amide bonds. The van der Waals surface area contributed by atoms with Crippen LogP contribution in [0.15, 0.2) is 0 Å². The first kappa shape index (κ1) is 10.2. The molecule has 0 aliphatic rings. The molecule has 0 saturated heterocycles. The maximum Gasteiger partial charge on any atom is 0.404 e. The zero-order valence-corrected chi connectivity index (χ0v) is 7.09. The van der Waals surface area contributed by atoms with Gasteiger partial charge in [0.25, 0.3) is 0 Å². The van der Waals surface area contributed by atoms with Crippen LogP contribution in [0.3, 0.4) is 0 Å². The minimum Gasteiger partial charge on any atom is -0.306 e. The van der Waals surface area contributed by atoms with Crippen molar-refractivity contribution in [2.24, 2.45) is 0 Å². The van der Waals surface area contributed by atoms with Gasteiger partial charge in [0.2, 0.25) is 0 Å². The van der Waals surface area contributed by atoms with Crippen LogP contribution < -0.4 is 5.32 Å². The number of nitrogens with one attached hydrogen (secondary N) is 1. The smallest absolute Gasteiger partial charge is 0.306 e. The lowest BCUT2D eigenvalue weighted by atomic mass is 10.3. The Morgan fingerprint density at radius 2 is 2.00 bits per heavy atom. The summed E-state index contributed by atoms with van der Waals surface area (Å²) in [5.74, 6) is 0. The summed E-state index contributed by atoms with van der Waals surface area (Å²) in [4.78, 5) is 0. The Hall–Kier alpha value is 0.230. The third-order valence-electron chi connectivity index (χ3n) is 1.000. The van der Waals surface area contributed by atoms with Crippen LogP contribution in [0.25, 0.3) is 0 Å². The summed E-state index contributed by atoms with van der Waals surface area (Å²) in [5.41, 5.74) is 0. The van der Waals surface area contributed by atoms with Crippen molar-refractivity contribution in [2.75, 3.05) is 11.9 Å². The summed E-state index contributed by atoms with van der Waals surface area (Å²) >= 11 is 2.77. The van der Waals surface area contributed by atoms with Crippen LogP contribution in [-0.2, 0) is 0 Å². The van der Waals surface area contributed by atoms with E-state index in [0.717, 1.165) is 0 Å². The summed E-state index contributed by atoms with van der Waals surface area (Å²) in [6.45, 7) is 1.97. The zero-order valence-electron chi connectivity index (χ0n) is 5.50. The van der Waals surface area contributed by atoms with Gasteiger partial charge in [-0.2, -0.15) is 13.2 Å². The van der Waals surface area contributed by atoms with Crippen LogP contribution in [0.2, 0.25) is 0 Å². The fourth-order valence-electron chi connectivity index (χ4n) is 0.504. The molecule has 0 fully saturated rings. The summed E-state index contributed by atoms with van der Waals surface area (Å²) in [6.07, 6.45) is -4.14. The van der Waals surface area contributed by atoms with Gasteiger partial charge >= 0.3 is 6.18 Å². The van der Waals surface area contributed by atoms with Crippen LogP contribution in [0.4, 0.5) is 13.2 Å². The molecular formula is C5H9BrF3N. The van der Waals surface area contributed by atoms with Gasteiger partial charge in [-0.25, -0.2) is 0 Å². The van der Waals surface area contributed by atoms with Crippen molar-refractivity contribution in [3.63, 3.8) is 0 Å². The summed E-state index contributed by atoms with van der Waals surface area (Å²) < 4.78 is 35.4. The van der Waals surface area contributed by atoms with Crippen LogP contribution >= 0.6 is 15.9 Å². The minimum absolute atomic E-state index is 0.0929. The highest BCUT2D eigenvalue weighted by molar-refractivity contribution is 9.09. The van der Waals surface area contributed by atoms with Crippen molar-refractivity contribution < 1.29 is 13.2 Å². The molecule has 0 aromatic heterocycles. The Labute approximate surface area is 66.1 Å². The highest BCUT2D eigenvalue weighted by atomic mass is 79.9. The quantitative estimate of drug-likeness (QED) is 0.716. The third kappa shape index (κ3) is 3.41. The molecule has 0 bridgehead atoms. The second-order valence-electron chi connectivity index (χ2n) is 1.81. The number of alkyl halides is 4. The maximum absolute atomic E-state index is 11.8. The topological polar surface area (TPSA) is 12.0 Å². The Morgan fingerprint density at radius 1 is 1.50 bits per heavy atom. The standard InChI is InChI=1S/C5H9BrF3N/c1-2-10-4(3-6)5(7,8)9/h4,10H,2-3H2,1H3. The molecular weight excluding hydrogens is 211 g/mol. The van der Waals surface area contributed by atoms with Gasteiger partial charge in [-0.15, -0.1) is 0 Å². The molecule has 0 saturated carbocycles. The molecule has 0 aromatic rings. The van der Waals surface area contributed by atoms with Crippen LogP contribution in [0.5, 0.6) is 0 Å². The zero-order chi connectivity index (χ0) is 8.20. The third-order valence-corrected chi connectivity index (χ3v) is 1.65. The van der Waals surface area contributed by atoms with Gasteiger partial charge in [0, 0.05) is 5.33 Å². The van der Waals surface area contributed by atoms with E-state index in [2.05, 4.69) is 21.2 Å². The molecule has 1 atom stereocenters. The van der Waals surface area contributed by atoms with Crippen molar-refractivity contribution in [1.82, 2.24) is 5.32 Å². The highest BCUT2D eigenvalue weighted by Gasteiger charge is 2.37. The van der Waals surface area contributed by atoms with Crippen LogP contribution in [0.1, 0.15) is 6.92 Å². The number of halogens is 4. The molecule has 0 aromatic carbocycles. The van der Waals surface area contributed by atoms with Gasteiger partial charge in [-0.1, -0.05) is 22.9 Å². The van der Waals surface area contributed by atoms with E-state index < -0.39 is 12.2 Å². The number of hydrogen-bond acceptors (Lipinski definition) is 1. The van der Waals surface area contributed by atoms with E-state index >= 15 is 0 Å². The van der Waals surface area contributed by atoms with Gasteiger partial charge in [-0.3, -0.25) is 0 Å². The molecule has 62 valence electrons. The monoisotopic (exact) mass is 219 g/mol. The van der Waals surface area contributed by atoms with Gasteiger partial charge in [0.15, 0.2) is 0 Å². The van der Waals surface area contributed by atoms with Crippen molar-refractivity contribution in [1.29, 1.82) is 0 Å². The van der Waals surface area contributed by atoms with E-state index in [-0.39, 0.29) is 5.33 Å². The molecule has 0 rings (SSSR count). The second kappa shape index (κ2) is 4.18. The SMILES string of the molecule is CCNC(CBr)C(F)(F)F. The Kier molecular flexibility index (Phi) is 4.28. The van der Waals surface area contributed by atoms with Crippen molar-refractivity contribution in [3.05, 3.63) is 0 Å². The van der Waals surface area contributed by atoms with Crippen molar-refractivity contribution in [3.8, 4) is 0 Å². The fraction of sp³-hybridized carbons (Fsp3) is 1.00. The van der Waals surface area contributed by atoms with E-state index in [1.165, 1.54) is 0 Å². The van der Waals surface area contributed by atoms with Gasteiger partial charge in [0.1, 0.15) is 6.04 Å². The van der Waals surface area contributed by atoms with Gasteiger partial charge in [0.05, 0.1) is 0 Å². The normalized spacial score (nSPS) is 15.3. The predicted octanol–water partition coefficient (Wildman–Crippen LogP) is 1.92. The molecule has 0 spiro atoms. The summed E-state index contributed by atoms with van der Waals surface area (Å²) in [5, 5.41) is 2.21. The number of hydrogen-bond donors (Lipinski definition) is 1. The average Bonchev–Trinajstić information content (AvgIpc) is 1.80. The lowest BCUT2D eigenvalue weighted by Gasteiger charge is -2.17. The highest BCUT2D eigenvalue weighted by Crippen LogP contribution is 2.21. The van der Waals surface area contributed by atoms with E-state index in [4.69, 9.17) is 0 Å². The Bertz CT molecular complexity index is 93.4. The molecule has 5 heteroatoms. The molecule has 0 aliphatic heterocycles. The Morgan fingerprint density at radius 3 is 2.10 bits per heavy atom. The molecule has 1 nitrogen and oxygen atoms in total. The lowest BCUT2D eigenvalue weighted by molar-refractivity contribution is -0.149. The van der Waals surface area contributed by atoms with E-state index in [1.807, 2.05) is 0 Å². The summed E-state index contributed by atoms with van der Waals surface area (Å²) in [7, 11) is 0. The summed E-state index contributed by atoms with van der Waals surface area (Å²) in [6, 6.07) is -1.42. The van der Waals surface area contributed by atoms with Crippen molar-refractivity contribution in [2.45, 2.75) is 19.1 Å². The molecule has 1 unspecified atom stereocenters. The maximum atomic E-state index is 11.8. The van der Waals surface area contributed by atoms with E-state index in [0.29, 0.717) is 6.54 Å². The minimum atomic E-state index is -4.14. The second-order valence-corrected chi connectivity index (χ2v) is 2.45. The first-order valence-corrected chi connectivity index (χ1v) is 4.00. The van der Waals surface area contributed by atoms with Gasteiger partial charge < -0.3 is 5.32 Å². The average molecular weight is 220 g/mol. The molecule has 0 radical (unpaired) electrons. The molecule has 0 heterocycles. The van der Waals surface area contributed by atoms with Gasteiger partial charge in [-0.05, 0) is 6.54 Å². The predicted molar refractivity (Wildman–Crippen MR) is 37.3 cm³/mol. The van der Waals surface area contributed by atoms with E-state index in [9.17, 15) is 13.2 Å². The van der Waals surface area contributed by atoms with E-state index in [1.54, 1.807) is 6.92 Å². The Balaban J connectivity index is 3.81. The first-order chi connectivity index (χ1) is 4.52. The number of rotatable bonds is 3. The van der Waals surface area contributed by atoms with Crippen LogP contribution in [-0.4, -0.2) is 24.1 Å². The molecule has 10 heavy (non-hydrogen) atoms. The van der Waals surface area contributed by atoms with Crippen LogP contribution in [0, 0.1) is 0 Å². The van der Waals surface area contributed by atoms with Crippen molar-refractivity contribution >= 4 is 15.9 Å².